The van der Waals surface area contributed by atoms with Gasteiger partial charge < -0.3 is 9.84 Å². The second-order valence-corrected chi connectivity index (χ2v) is 4.15. The molecule has 0 saturated heterocycles. The van der Waals surface area contributed by atoms with Crippen LogP contribution in [0, 0.1) is 0 Å². The van der Waals surface area contributed by atoms with E-state index in [-0.39, 0.29) is 0 Å². The number of carbonyl (C=O) groups is 1. The Morgan fingerprint density at radius 1 is 1.40 bits per heavy atom. The van der Waals surface area contributed by atoms with Crippen LogP contribution in [0.2, 0.25) is 10.0 Å². The van der Waals surface area contributed by atoms with Crippen LogP contribution in [-0.4, -0.2) is 17.7 Å². The number of carboxylic acid groups (broad SMARTS) is 1. The normalized spacial score (nSPS) is 19.2. The van der Waals surface area contributed by atoms with E-state index in [1.807, 2.05) is 0 Å². The summed E-state index contributed by atoms with van der Waals surface area (Å²) in [6, 6.07) is 3.13. The summed E-state index contributed by atoms with van der Waals surface area (Å²) in [6.07, 6.45) is 0.459. The topological polar surface area (TPSA) is 46.5 Å². The van der Waals surface area contributed by atoms with Crippen LogP contribution in [0.4, 0.5) is 0 Å². The van der Waals surface area contributed by atoms with Crippen LogP contribution in [0.5, 0.6) is 5.75 Å². The minimum Gasteiger partial charge on any atom is -0.493 e. The van der Waals surface area contributed by atoms with Gasteiger partial charge in [-0.2, -0.15) is 0 Å². The third kappa shape index (κ3) is 1.90. The quantitative estimate of drug-likeness (QED) is 0.829. The fourth-order valence-electron chi connectivity index (χ4n) is 1.64. The first kappa shape index (κ1) is 10.6. The van der Waals surface area contributed by atoms with Gasteiger partial charge in [-0.3, -0.25) is 4.79 Å². The van der Waals surface area contributed by atoms with Gasteiger partial charge in [0.15, 0.2) is 0 Å². The van der Waals surface area contributed by atoms with Gasteiger partial charge in [0.1, 0.15) is 5.75 Å². The maximum atomic E-state index is 11.0. The Bertz CT molecular complexity index is 417. The van der Waals surface area contributed by atoms with Gasteiger partial charge in [0, 0.05) is 11.6 Å². The number of hydrogen-bond donors (Lipinski definition) is 1. The van der Waals surface area contributed by atoms with Gasteiger partial charge in [-0.15, -0.1) is 0 Å². The van der Waals surface area contributed by atoms with E-state index in [0.717, 1.165) is 0 Å². The molecule has 15 heavy (non-hydrogen) atoms. The molecule has 0 aromatic heterocycles. The summed E-state index contributed by atoms with van der Waals surface area (Å²) >= 11 is 11.6. The summed E-state index contributed by atoms with van der Waals surface area (Å²) in [5, 5.41) is 9.74. The number of rotatable bonds is 1. The molecule has 1 N–H and O–H groups in total. The molecule has 0 spiro atoms. The van der Waals surface area contributed by atoms with E-state index in [0.29, 0.717) is 34.4 Å². The molecule has 0 radical (unpaired) electrons. The highest BCUT2D eigenvalue weighted by atomic mass is 35.5. The van der Waals surface area contributed by atoms with Gasteiger partial charge in [-0.05, 0) is 12.5 Å². The van der Waals surface area contributed by atoms with Crippen LogP contribution in [0.15, 0.2) is 12.1 Å². The number of carboxylic acids is 1. The van der Waals surface area contributed by atoms with Crippen molar-refractivity contribution in [2.45, 2.75) is 12.3 Å². The Morgan fingerprint density at radius 2 is 2.07 bits per heavy atom. The molecule has 1 aliphatic heterocycles. The first-order valence-electron chi connectivity index (χ1n) is 4.44. The zero-order chi connectivity index (χ0) is 11.0. The van der Waals surface area contributed by atoms with Gasteiger partial charge in [0.25, 0.3) is 0 Å². The van der Waals surface area contributed by atoms with Gasteiger partial charge in [-0.25, -0.2) is 0 Å². The minimum absolute atomic E-state index is 0.354. The molecule has 0 aliphatic carbocycles. The predicted molar refractivity (Wildman–Crippen MR) is 57.0 cm³/mol. The molecule has 1 aromatic carbocycles. The summed E-state index contributed by atoms with van der Waals surface area (Å²) in [6.45, 7) is 0.391. The molecular formula is C10H8Cl2O3. The second-order valence-electron chi connectivity index (χ2n) is 3.33. The van der Waals surface area contributed by atoms with Crippen molar-refractivity contribution < 1.29 is 14.6 Å². The summed E-state index contributed by atoms with van der Waals surface area (Å²) in [7, 11) is 0. The maximum absolute atomic E-state index is 11.0. The number of benzene rings is 1. The molecule has 0 bridgehead atoms. The van der Waals surface area contributed by atoms with Crippen molar-refractivity contribution in [1.29, 1.82) is 0 Å². The van der Waals surface area contributed by atoms with Crippen molar-refractivity contribution in [2.24, 2.45) is 0 Å². The molecule has 0 amide bonds. The molecule has 1 unspecified atom stereocenters. The molecule has 1 aliphatic rings. The summed E-state index contributed by atoms with van der Waals surface area (Å²) in [5.41, 5.74) is 0.600. The Labute approximate surface area is 96.6 Å². The monoisotopic (exact) mass is 246 g/mol. The molecule has 1 aromatic rings. The molecule has 3 nitrogen and oxygen atoms in total. The Balaban J connectivity index is 2.51. The standard InChI is InChI=1S/C10H8Cl2O3/c11-7-3-6-5(10(13)14)1-2-15-9(6)4-8(7)12/h3-5H,1-2H2,(H,13,14). The van der Waals surface area contributed by atoms with Crippen molar-refractivity contribution in [1.82, 2.24) is 0 Å². The zero-order valence-corrected chi connectivity index (χ0v) is 9.18. The fraction of sp³-hybridized carbons (Fsp3) is 0.300. The number of halogens is 2. The van der Waals surface area contributed by atoms with Crippen LogP contribution in [0.1, 0.15) is 17.9 Å². The van der Waals surface area contributed by atoms with Crippen LogP contribution in [-0.2, 0) is 4.79 Å². The number of fused-ring (bicyclic) bond motifs is 1. The van der Waals surface area contributed by atoms with Crippen molar-refractivity contribution >= 4 is 29.2 Å². The van der Waals surface area contributed by atoms with Crippen molar-refractivity contribution in [2.75, 3.05) is 6.61 Å². The van der Waals surface area contributed by atoms with Gasteiger partial charge in [0.05, 0.1) is 22.6 Å². The summed E-state index contributed by atoms with van der Waals surface area (Å²) in [4.78, 5) is 11.0. The fourth-order valence-corrected chi connectivity index (χ4v) is 1.97. The first-order chi connectivity index (χ1) is 7.09. The number of aliphatic carboxylic acids is 1. The van der Waals surface area contributed by atoms with Crippen LogP contribution in [0.25, 0.3) is 0 Å². The van der Waals surface area contributed by atoms with E-state index >= 15 is 0 Å². The maximum Gasteiger partial charge on any atom is 0.311 e. The lowest BCUT2D eigenvalue weighted by molar-refractivity contribution is -0.139. The average molecular weight is 247 g/mol. The molecule has 5 heteroatoms. The van der Waals surface area contributed by atoms with Crippen molar-refractivity contribution in [3.8, 4) is 5.75 Å². The van der Waals surface area contributed by atoms with E-state index in [2.05, 4.69) is 0 Å². The van der Waals surface area contributed by atoms with E-state index in [1.54, 1.807) is 12.1 Å². The molecule has 80 valence electrons. The summed E-state index contributed by atoms with van der Waals surface area (Å²) < 4.78 is 5.33. The Morgan fingerprint density at radius 3 is 2.73 bits per heavy atom. The molecule has 0 saturated carbocycles. The van der Waals surface area contributed by atoms with E-state index in [9.17, 15) is 4.79 Å². The molecule has 0 fully saturated rings. The van der Waals surface area contributed by atoms with E-state index < -0.39 is 11.9 Å². The Kier molecular flexibility index (Phi) is 2.76. The highest BCUT2D eigenvalue weighted by Crippen LogP contribution is 2.39. The second kappa shape index (κ2) is 3.91. The lowest BCUT2D eigenvalue weighted by atomic mass is 9.93. The van der Waals surface area contributed by atoms with Crippen LogP contribution < -0.4 is 4.74 Å². The van der Waals surface area contributed by atoms with Gasteiger partial charge >= 0.3 is 5.97 Å². The highest BCUT2D eigenvalue weighted by Gasteiger charge is 2.28. The van der Waals surface area contributed by atoms with Gasteiger partial charge in [0.2, 0.25) is 0 Å². The third-order valence-corrected chi connectivity index (χ3v) is 3.11. The lowest BCUT2D eigenvalue weighted by Crippen LogP contribution is -2.20. The van der Waals surface area contributed by atoms with Crippen molar-refractivity contribution in [3.63, 3.8) is 0 Å². The van der Waals surface area contributed by atoms with Gasteiger partial charge in [-0.1, -0.05) is 23.2 Å². The molecular weight excluding hydrogens is 239 g/mol. The molecule has 2 rings (SSSR count). The number of hydrogen-bond acceptors (Lipinski definition) is 2. The molecule has 1 heterocycles. The van der Waals surface area contributed by atoms with Crippen LogP contribution >= 0.6 is 23.2 Å². The smallest absolute Gasteiger partial charge is 0.311 e. The third-order valence-electron chi connectivity index (χ3n) is 2.39. The predicted octanol–water partition coefficient (Wildman–Crippen LogP) is 2.94. The van der Waals surface area contributed by atoms with E-state index in [4.69, 9.17) is 33.0 Å². The Hall–Kier alpha value is -0.930. The average Bonchev–Trinajstić information content (AvgIpc) is 2.18. The summed E-state index contributed by atoms with van der Waals surface area (Å²) in [5.74, 6) is -0.899. The molecule has 1 atom stereocenters. The first-order valence-corrected chi connectivity index (χ1v) is 5.19. The lowest BCUT2D eigenvalue weighted by Gasteiger charge is -2.23. The van der Waals surface area contributed by atoms with Crippen LogP contribution in [0.3, 0.4) is 0 Å². The number of ether oxygens (including phenoxy) is 1. The highest BCUT2D eigenvalue weighted by molar-refractivity contribution is 6.42. The van der Waals surface area contributed by atoms with Crippen molar-refractivity contribution in [3.05, 3.63) is 27.7 Å². The van der Waals surface area contributed by atoms with E-state index in [1.165, 1.54) is 0 Å². The zero-order valence-electron chi connectivity index (χ0n) is 7.67. The SMILES string of the molecule is O=C(O)C1CCOc2cc(Cl)c(Cl)cc21. The minimum atomic E-state index is -0.863. The largest absolute Gasteiger partial charge is 0.493 e.